The molecular formula is C9H18N3O3-3. The summed E-state index contributed by atoms with van der Waals surface area (Å²) in [5.74, 6) is 0. The zero-order valence-corrected chi connectivity index (χ0v) is 9.42. The molecule has 1 saturated carbocycles. The Bertz CT molecular complexity index is 160. The average Bonchev–Trinajstić information content (AvgIpc) is 2.16. The number of hydroxylamine groups is 6. The molecule has 0 unspecified atom stereocenters. The third-order valence-electron chi connectivity index (χ3n) is 3.18. The summed E-state index contributed by atoms with van der Waals surface area (Å²) in [6.45, 7) is 0. The van der Waals surface area contributed by atoms with Gasteiger partial charge in [-0.1, -0.05) is 0 Å². The molecule has 6 nitrogen and oxygen atoms in total. The number of hydrogen-bond donors (Lipinski definition) is 0. The second-order valence-electron chi connectivity index (χ2n) is 4.31. The van der Waals surface area contributed by atoms with E-state index in [9.17, 15) is 15.6 Å². The quantitative estimate of drug-likeness (QED) is 0.641. The maximum Gasteiger partial charge on any atom is 0.000121 e. The number of nitrogens with zero attached hydrogens (tertiary/aromatic N) is 3. The molecule has 0 aliphatic heterocycles. The zero-order chi connectivity index (χ0) is 11.6. The van der Waals surface area contributed by atoms with Gasteiger partial charge in [0.1, 0.15) is 0 Å². The second-order valence-corrected chi connectivity index (χ2v) is 4.31. The van der Waals surface area contributed by atoms with E-state index in [4.69, 9.17) is 0 Å². The van der Waals surface area contributed by atoms with Crippen molar-refractivity contribution in [2.45, 2.75) is 37.4 Å². The average molecular weight is 216 g/mol. The fraction of sp³-hybridized carbons (Fsp3) is 1.00. The van der Waals surface area contributed by atoms with Gasteiger partial charge >= 0.3 is 0 Å². The Morgan fingerprint density at radius 1 is 0.667 bits per heavy atom. The van der Waals surface area contributed by atoms with Gasteiger partial charge in [-0.15, -0.1) is 0 Å². The van der Waals surface area contributed by atoms with Crippen molar-refractivity contribution in [3.8, 4) is 0 Å². The highest BCUT2D eigenvalue weighted by Crippen LogP contribution is 2.27. The molecule has 0 bridgehead atoms. The van der Waals surface area contributed by atoms with Gasteiger partial charge in [0.25, 0.3) is 0 Å². The predicted octanol–water partition coefficient (Wildman–Crippen LogP) is 0.565. The molecule has 0 atom stereocenters. The summed E-state index contributed by atoms with van der Waals surface area (Å²) in [4.78, 5) is 0. The van der Waals surface area contributed by atoms with E-state index in [-0.39, 0.29) is 18.1 Å². The Morgan fingerprint density at radius 2 is 0.867 bits per heavy atom. The van der Waals surface area contributed by atoms with Gasteiger partial charge in [-0.25, -0.2) is 0 Å². The lowest BCUT2D eigenvalue weighted by atomic mass is 9.86. The van der Waals surface area contributed by atoms with Crippen molar-refractivity contribution >= 4 is 0 Å². The predicted molar refractivity (Wildman–Crippen MR) is 58.6 cm³/mol. The van der Waals surface area contributed by atoms with Gasteiger partial charge < -0.3 is 30.8 Å². The molecule has 0 aromatic heterocycles. The smallest absolute Gasteiger partial charge is 0.000121 e. The summed E-state index contributed by atoms with van der Waals surface area (Å²) in [6.07, 6.45) is 1.64. The van der Waals surface area contributed by atoms with E-state index in [1.807, 2.05) is 0 Å². The van der Waals surface area contributed by atoms with Crippen molar-refractivity contribution in [3.05, 3.63) is 15.6 Å². The van der Waals surface area contributed by atoms with E-state index < -0.39 is 0 Å². The van der Waals surface area contributed by atoms with E-state index >= 15 is 0 Å². The molecule has 6 heteroatoms. The third-order valence-corrected chi connectivity index (χ3v) is 3.18. The van der Waals surface area contributed by atoms with Crippen molar-refractivity contribution in [1.82, 2.24) is 15.2 Å². The normalized spacial score (nSPS) is 33.0. The summed E-state index contributed by atoms with van der Waals surface area (Å²) >= 11 is 0. The fourth-order valence-electron chi connectivity index (χ4n) is 2.12. The highest BCUT2D eigenvalue weighted by atomic mass is 16.5. The third kappa shape index (κ3) is 3.37. The van der Waals surface area contributed by atoms with E-state index in [1.54, 1.807) is 0 Å². The topological polar surface area (TPSA) is 78.9 Å². The molecule has 1 rings (SSSR count). The lowest BCUT2D eigenvalue weighted by molar-refractivity contribution is 0.108. The standard InChI is InChI=1S/C9H18N3O3/c1-10(13)7-4-8(11(2)14)6-9(5-7)12(3)15/h7-9H,4-6H2,1-3H3/q-3. The van der Waals surface area contributed by atoms with Crippen LogP contribution in [0.15, 0.2) is 0 Å². The first kappa shape index (κ1) is 12.8. The van der Waals surface area contributed by atoms with Crippen LogP contribution in [-0.4, -0.2) is 54.5 Å². The Hall–Kier alpha value is -0.240. The van der Waals surface area contributed by atoms with Crippen molar-refractivity contribution in [2.75, 3.05) is 21.1 Å². The first-order valence-corrected chi connectivity index (χ1v) is 5.11. The van der Waals surface area contributed by atoms with E-state index in [2.05, 4.69) is 0 Å². The van der Waals surface area contributed by atoms with Gasteiger partial charge in [0.05, 0.1) is 0 Å². The van der Waals surface area contributed by atoms with Crippen LogP contribution in [0.5, 0.6) is 0 Å². The molecule has 0 heterocycles. The molecule has 1 aliphatic rings. The molecule has 0 saturated heterocycles. The lowest BCUT2D eigenvalue weighted by Gasteiger charge is -2.50. The molecule has 1 aliphatic carbocycles. The van der Waals surface area contributed by atoms with Crippen LogP contribution in [0.1, 0.15) is 19.3 Å². The maximum absolute atomic E-state index is 11.2. The lowest BCUT2D eigenvalue weighted by Crippen LogP contribution is -2.48. The Balaban J connectivity index is 2.64. The van der Waals surface area contributed by atoms with Crippen LogP contribution in [0.25, 0.3) is 0 Å². The van der Waals surface area contributed by atoms with E-state index in [0.717, 1.165) is 15.2 Å². The van der Waals surface area contributed by atoms with Gasteiger partial charge in [0.2, 0.25) is 0 Å². The SMILES string of the molecule is CN([O-])C1CC(N(C)[O-])CC(N(C)[O-])C1. The second kappa shape index (κ2) is 5.20. The Labute approximate surface area is 90.2 Å². The zero-order valence-electron chi connectivity index (χ0n) is 9.42. The van der Waals surface area contributed by atoms with Crippen LogP contribution in [-0.2, 0) is 0 Å². The van der Waals surface area contributed by atoms with Crippen LogP contribution in [0.3, 0.4) is 0 Å². The summed E-state index contributed by atoms with van der Waals surface area (Å²) < 4.78 is 0. The maximum atomic E-state index is 11.2. The highest BCUT2D eigenvalue weighted by molar-refractivity contribution is 4.92. The number of hydrogen-bond acceptors (Lipinski definition) is 6. The fourth-order valence-corrected chi connectivity index (χ4v) is 2.12. The van der Waals surface area contributed by atoms with Crippen LogP contribution in [0.2, 0.25) is 0 Å². The summed E-state index contributed by atoms with van der Waals surface area (Å²) in [7, 11) is 4.33. The number of rotatable bonds is 3. The van der Waals surface area contributed by atoms with E-state index in [0.29, 0.717) is 19.3 Å². The monoisotopic (exact) mass is 216 g/mol. The van der Waals surface area contributed by atoms with Crippen LogP contribution < -0.4 is 0 Å². The van der Waals surface area contributed by atoms with Gasteiger partial charge in [0.15, 0.2) is 0 Å². The van der Waals surface area contributed by atoms with Gasteiger partial charge in [-0.2, -0.15) is 0 Å². The minimum Gasteiger partial charge on any atom is -0.785 e. The molecule has 0 N–H and O–H groups in total. The minimum absolute atomic E-state index is 0.221. The molecule has 0 aromatic carbocycles. The summed E-state index contributed by atoms with van der Waals surface area (Å²) in [5, 5.41) is 36.2. The molecular weight excluding hydrogens is 198 g/mol. The van der Waals surface area contributed by atoms with Crippen LogP contribution in [0, 0.1) is 15.6 Å². The van der Waals surface area contributed by atoms with Crippen molar-refractivity contribution in [1.29, 1.82) is 0 Å². The van der Waals surface area contributed by atoms with Gasteiger partial charge in [-0.05, 0) is 40.4 Å². The molecule has 1 fully saturated rings. The van der Waals surface area contributed by atoms with Crippen LogP contribution >= 0.6 is 0 Å². The highest BCUT2D eigenvalue weighted by Gasteiger charge is 2.28. The van der Waals surface area contributed by atoms with Crippen molar-refractivity contribution < 1.29 is 0 Å². The first-order valence-electron chi connectivity index (χ1n) is 5.11. The minimum atomic E-state index is -0.221. The van der Waals surface area contributed by atoms with E-state index in [1.165, 1.54) is 21.1 Å². The van der Waals surface area contributed by atoms with Gasteiger partial charge in [0, 0.05) is 18.1 Å². The molecule has 0 spiro atoms. The Morgan fingerprint density at radius 3 is 1.00 bits per heavy atom. The molecule has 90 valence electrons. The summed E-state index contributed by atoms with van der Waals surface area (Å²) in [6, 6.07) is -0.662. The molecule has 0 amide bonds. The van der Waals surface area contributed by atoms with Crippen LogP contribution in [0.4, 0.5) is 0 Å². The van der Waals surface area contributed by atoms with Crippen molar-refractivity contribution in [3.63, 3.8) is 0 Å². The summed E-state index contributed by atoms with van der Waals surface area (Å²) in [5.41, 5.74) is 0. The van der Waals surface area contributed by atoms with Crippen molar-refractivity contribution in [2.24, 2.45) is 0 Å². The first-order chi connectivity index (χ1) is 6.91. The molecule has 0 radical (unpaired) electrons. The molecule has 0 aromatic rings. The largest absolute Gasteiger partial charge is 0.785 e. The molecule has 15 heavy (non-hydrogen) atoms. The van der Waals surface area contributed by atoms with Gasteiger partial charge in [-0.3, -0.25) is 0 Å². The Kier molecular flexibility index (Phi) is 4.45.